The van der Waals surface area contributed by atoms with Crippen LogP contribution in [0.5, 0.6) is 0 Å². The molecule has 3 fully saturated rings. The standard InChI is InChI=1S/C16H24FN3O.C7H8O3S/c1-16(6-11-3-2-4-12(11)7-16)19-9-15(21)20-10-13(17)5-14(20)8-18;1-6-2-4-7(5-3-6)11(8,9)10/h11-14,19H,2-7,9-10H2,1H3;2-5H,1H3,(H,8,9,10)/t11-,12+,13?,14?,16?;. The lowest BCUT2D eigenvalue weighted by atomic mass is 9.96. The maximum atomic E-state index is 13.4. The van der Waals surface area contributed by atoms with Crippen LogP contribution in [0.2, 0.25) is 0 Å². The van der Waals surface area contributed by atoms with Gasteiger partial charge in [0, 0.05) is 12.0 Å². The van der Waals surface area contributed by atoms with E-state index in [1.807, 2.05) is 13.0 Å². The van der Waals surface area contributed by atoms with Gasteiger partial charge in [0.1, 0.15) is 12.2 Å². The Balaban J connectivity index is 0.000000222. The first-order valence-corrected chi connectivity index (χ1v) is 12.6. The van der Waals surface area contributed by atoms with Gasteiger partial charge in [-0.25, -0.2) is 4.39 Å². The van der Waals surface area contributed by atoms with Gasteiger partial charge >= 0.3 is 0 Å². The Morgan fingerprint density at radius 2 is 1.88 bits per heavy atom. The molecule has 3 unspecified atom stereocenters. The molecule has 176 valence electrons. The molecule has 7 nitrogen and oxygen atoms in total. The molecule has 0 bridgehead atoms. The fourth-order valence-electron chi connectivity index (χ4n) is 5.32. The van der Waals surface area contributed by atoms with Crippen molar-refractivity contribution in [2.45, 2.75) is 75.0 Å². The van der Waals surface area contributed by atoms with Gasteiger partial charge in [0.05, 0.1) is 24.1 Å². The molecular formula is C23H32FN3O4S. The maximum absolute atomic E-state index is 13.4. The molecule has 2 saturated carbocycles. The highest BCUT2D eigenvalue weighted by atomic mass is 32.2. The number of nitrogens with one attached hydrogen (secondary N) is 1. The molecule has 1 amide bonds. The van der Waals surface area contributed by atoms with Crippen LogP contribution in [0.15, 0.2) is 29.2 Å². The van der Waals surface area contributed by atoms with Gasteiger partial charge in [-0.05, 0) is 50.7 Å². The normalized spacial score (nSPS) is 31.5. The number of nitriles is 1. The van der Waals surface area contributed by atoms with Crippen molar-refractivity contribution in [3.05, 3.63) is 29.8 Å². The average Bonchev–Trinajstić information content (AvgIpc) is 3.39. The lowest BCUT2D eigenvalue weighted by Gasteiger charge is -2.28. The first-order chi connectivity index (χ1) is 15.0. The Hall–Kier alpha value is -2.02. The zero-order valence-corrected chi connectivity index (χ0v) is 19.4. The number of aryl methyl sites for hydroxylation is 1. The molecule has 9 heteroatoms. The molecule has 32 heavy (non-hydrogen) atoms. The lowest BCUT2D eigenvalue weighted by molar-refractivity contribution is -0.130. The first kappa shape index (κ1) is 24.6. The van der Waals surface area contributed by atoms with Crippen molar-refractivity contribution in [1.29, 1.82) is 5.26 Å². The van der Waals surface area contributed by atoms with E-state index in [0.29, 0.717) is 0 Å². The fourth-order valence-corrected chi connectivity index (χ4v) is 5.80. The van der Waals surface area contributed by atoms with Gasteiger partial charge in [-0.1, -0.05) is 37.0 Å². The van der Waals surface area contributed by atoms with Gasteiger partial charge < -0.3 is 10.2 Å². The van der Waals surface area contributed by atoms with Crippen LogP contribution in [-0.4, -0.2) is 54.6 Å². The summed E-state index contributed by atoms with van der Waals surface area (Å²) < 4.78 is 42.9. The highest BCUT2D eigenvalue weighted by Crippen LogP contribution is 2.48. The summed E-state index contributed by atoms with van der Waals surface area (Å²) in [4.78, 5) is 13.6. The van der Waals surface area contributed by atoms with Crippen LogP contribution in [0.25, 0.3) is 0 Å². The number of likely N-dealkylation sites (tertiary alicyclic amines) is 1. The fraction of sp³-hybridized carbons (Fsp3) is 0.652. The summed E-state index contributed by atoms with van der Waals surface area (Å²) in [6.45, 7) is 4.33. The molecule has 1 aliphatic heterocycles. The zero-order chi connectivity index (χ0) is 23.5. The van der Waals surface area contributed by atoms with E-state index in [0.717, 1.165) is 30.2 Å². The summed E-state index contributed by atoms with van der Waals surface area (Å²) in [6.07, 6.45) is 5.37. The molecule has 5 atom stereocenters. The molecular weight excluding hydrogens is 433 g/mol. The van der Waals surface area contributed by atoms with Crippen molar-refractivity contribution < 1.29 is 22.2 Å². The minimum absolute atomic E-state index is 0.0302. The summed E-state index contributed by atoms with van der Waals surface area (Å²) in [5.74, 6) is 1.48. The molecule has 0 aromatic heterocycles. The topological polar surface area (TPSA) is 111 Å². The Morgan fingerprint density at radius 1 is 1.28 bits per heavy atom. The number of benzene rings is 1. The van der Waals surface area contributed by atoms with E-state index in [-0.39, 0.29) is 35.9 Å². The Kier molecular flexibility index (Phi) is 7.58. The van der Waals surface area contributed by atoms with Gasteiger partial charge in [0.2, 0.25) is 5.91 Å². The van der Waals surface area contributed by atoms with Gasteiger partial charge in [-0.2, -0.15) is 13.7 Å². The number of alkyl halides is 1. The molecule has 2 N–H and O–H groups in total. The number of fused-ring (bicyclic) bond motifs is 1. The van der Waals surface area contributed by atoms with E-state index >= 15 is 0 Å². The SMILES string of the molecule is CC1(NCC(=O)N2CC(F)CC2C#N)C[C@H]2CCC[C@H]2C1.Cc1ccc(S(=O)(=O)O)cc1. The number of hydrogen-bond donors (Lipinski definition) is 2. The second-order valence-corrected chi connectivity index (χ2v) is 11.0. The van der Waals surface area contributed by atoms with E-state index in [2.05, 4.69) is 12.2 Å². The van der Waals surface area contributed by atoms with Crippen molar-refractivity contribution in [3.8, 4) is 6.07 Å². The van der Waals surface area contributed by atoms with Crippen molar-refractivity contribution >= 4 is 16.0 Å². The van der Waals surface area contributed by atoms with E-state index in [9.17, 15) is 17.6 Å². The third-order valence-corrected chi connectivity index (χ3v) is 7.81. The van der Waals surface area contributed by atoms with E-state index in [4.69, 9.17) is 9.81 Å². The van der Waals surface area contributed by atoms with Crippen LogP contribution in [-0.2, 0) is 14.9 Å². The number of halogens is 1. The molecule has 1 aromatic rings. The zero-order valence-electron chi connectivity index (χ0n) is 18.6. The summed E-state index contributed by atoms with van der Waals surface area (Å²) in [6, 6.07) is 7.43. The molecule has 0 radical (unpaired) electrons. The number of carbonyl (C=O) groups is 1. The van der Waals surface area contributed by atoms with Gasteiger partial charge in [0.25, 0.3) is 10.1 Å². The van der Waals surface area contributed by atoms with Gasteiger partial charge in [-0.15, -0.1) is 0 Å². The predicted molar refractivity (Wildman–Crippen MR) is 118 cm³/mol. The highest BCUT2D eigenvalue weighted by molar-refractivity contribution is 7.85. The predicted octanol–water partition coefficient (Wildman–Crippen LogP) is 3.25. The lowest BCUT2D eigenvalue weighted by Crippen LogP contribution is -2.48. The number of carbonyl (C=O) groups excluding carboxylic acids is 1. The van der Waals surface area contributed by atoms with Crippen molar-refractivity contribution in [2.75, 3.05) is 13.1 Å². The molecule has 1 saturated heterocycles. The van der Waals surface area contributed by atoms with Crippen molar-refractivity contribution in [1.82, 2.24) is 10.2 Å². The molecule has 0 spiro atoms. The second-order valence-electron chi connectivity index (χ2n) is 9.59. The molecule has 3 aliphatic rings. The third kappa shape index (κ3) is 6.06. The third-order valence-electron chi connectivity index (χ3n) is 6.95. The first-order valence-electron chi connectivity index (χ1n) is 11.1. The summed E-state index contributed by atoms with van der Waals surface area (Å²) in [5, 5.41) is 12.4. The van der Waals surface area contributed by atoms with Gasteiger partial charge in [-0.3, -0.25) is 9.35 Å². The summed E-state index contributed by atoms with van der Waals surface area (Å²) in [7, 11) is -4.02. The second kappa shape index (κ2) is 9.86. The maximum Gasteiger partial charge on any atom is 0.294 e. The largest absolute Gasteiger partial charge is 0.323 e. The monoisotopic (exact) mass is 465 g/mol. The number of hydrogen-bond acceptors (Lipinski definition) is 5. The molecule has 4 rings (SSSR count). The van der Waals surface area contributed by atoms with E-state index in [1.165, 1.54) is 36.3 Å². The van der Waals surface area contributed by atoms with Gasteiger partial charge in [0.15, 0.2) is 0 Å². The summed E-state index contributed by atoms with van der Waals surface area (Å²) >= 11 is 0. The number of nitrogens with zero attached hydrogens (tertiary/aromatic N) is 2. The van der Waals surface area contributed by atoms with Crippen molar-refractivity contribution in [2.24, 2.45) is 11.8 Å². The van der Waals surface area contributed by atoms with E-state index < -0.39 is 22.3 Å². The smallest absolute Gasteiger partial charge is 0.294 e. The highest BCUT2D eigenvalue weighted by Gasteiger charge is 2.44. The molecule has 1 heterocycles. The van der Waals surface area contributed by atoms with Crippen molar-refractivity contribution in [3.63, 3.8) is 0 Å². The quantitative estimate of drug-likeness (QED) is 0.661. The van der Waals surface area contributed by atoms with Crippen LogP contribution in [0, 0.1) is 30.1 Å². The van der Waals surface area contributed by atoms with Crippen LogP contribution >= 0.6 is 0 Å². The van der Waals surface area contributed by atoms with Crippen LogP contribution in [0.1, 0.15) is 51.0 Å². The summed E-state index contributed by atoms with van der Waals surface area (Å²) in [5.41, 5.74) is 0.986. The minimum atomic E-state index is -4.02. The Morgan fingerprint density at radius 3 is 2.41 bits per heavy atom. The Bertz CT molecular complexity index is 948. The van der Waals surface area contributed by atoms with Crippen LogP contribution in [0.4, 0.5) is 4.39 Å². The minimum Gasteiger partial charge on any atom is -0.323 e. The average molecular weight is 466 g/mol. The Labute approximate surface area is 189 Å². The molecule has 2 aliphatic carbocycles. The van der Waals surface area contributed by atoms with E-state index in [1.54, 1.807) is 12.1 Å². The number of rotatable bonds is 4. The molecule has 1 aromatic carbocycles. The van der Waals surface area contributed by atoms with Crippen LogP contribution < -0.4 is 5.32 Å². The van der Waals surface area contributed by atoms with Crippen LogP contribution in [0.3, 0.4) is 0 Å². The number of amides is 1.